The molecular weight excluding hydrogens is 1600 g/mol. The summed E-state index contributed by atoms with van der Waals surface area (Å²) < 4.78 is 10.5. The summed E-state index contributed by atoms with van der Waals surface area (Å²) in [7, 11) is 11.9. The molecule has 0 radical (unpaired) electrons. The summed E-state index contributed by atoms with van der Waals surface area (Å²) in [6.07, 6.45) is 19.6. The SMILES string of the molecule is C=CC(=O)Cl.C=CC(=O)N(C)c1cnc2nc(NC3CCN(C)CC3)n(Cc3ccccc3)c2c1.CCc1cnc2nc(NC3CCN(C)CC3)n(Cc3ccccc3)c2c1.CN.CN1CCC(N)CC1.CN1CCC(Nc2nc3ncc(Br)cc3n2Cc2ccccc2)CC1.Clc1nc2ncc(Br)cc2n1Cc1ccccc1. The van der Waals surface area contributed by atoms with Gasteiger partial charge in [0.15, 0.2) is 22.6 Å². The number of benzene rings is 4. The number of allylic oxidation sites excluding steroid dienone is 1. The number of nitrogens with two attached hydrogens (primary N) is 2. The number of hydrogen-bond donors (Lipinski definition) is 5. The fraction of sp³-hybridized carbons (Fsp3) is 0.372. The van der Waals surface area contributed by atoms with Crippen LogP contribution in [0.5, 0.6) is 0 Å². The Morgan fingerprint density at radius 1 is 0.465 bits per heavy atom. The lowest BCUT2D eigenvalue weighted by Crippen LogP contribution is -2.37. The van der Waals surface area contributed by atoms with Crippen molar-refractivity contribution in [1.82, 2.24) is 77.7 Å². The molecule has 0 aliphatic carbocycles. The van der Waals surface area contributed by atoms with Crippen molar-refractivity contribution in [3.8, 4) is 0 Å². The molecule has 114 heavy (non-hydrogen) atoms. The predicted octanol–water partition coefficient (Wildman–Crippen LogP) is 14.9. The van der Waals surface area contributed by atoms with Gasteiger partial charge in [-0.25, -0.2) is 19.9 Å². The number of aromatic nitrogens is 12. The fourth-order valence-electron chi connectivity index (χ4n) is 13.7. The lowest BCUT2D eigenvalue weighted by atomic mass is 10.1. The molecule has 4 aliphatic heterocycles. The minimum atomic E-state index is -0.509. The van der Waals surface area contributed by atoms with Crippen molar-refractivity contribution in [3.05, 3.63) is 238 Å². The van der Waals surface area contributed by atoms with E-state index >= 15 is 0 Å². The first kappa shape index (κ1) is 87.1. The smallest absolute Gasteiger partial charge is 0.250 e. The van der Waals surface area contributed by atoms with Crippen molar-refractivity contribution < 1.29 is 9.59 Å². The Morgan fingerprint density at radius 2 is 0.772 bits per heavy atom. The van der Waals surface area contributed by atoms with Crippen LogP contribution in [0.25, 0.3) is 44.7 Å². The Bertz CT molecular complexity index is 4990. The average Bonchev–Trinajstić information content (AvgIpc) is 1.66. The lowest BCUT2D eigenvalue weighted by Gasteiger charge is -2.29. The predicted molar refractivity (Wildman–Crippen MR) is 474 cm³/mol. The number of halogens is 4. The number of hydrogen-bond acceptors (Lipinski definition) is 19. The molecule has 0 spiro atoms. The van der Waals surface area contributed by atoms with Crippen LogP contribution in [-0.4, -0.2) is 208 Å². The van der Waals surface area contributed by atoms with Crippen molar-refractivity contribution in [2.24, 2.45) is 11.5 Å². The van der Waals surface area contributed by atoms with Crippen molar-refractivity contribution >= 4 is 134 Å². The number of aryl methyl sites for hydroxylation is 1. The summed E-state index contributed by atoms with van der Waals surface area (Å²) >= 11 is 17.8. The first-order chi connectivity index (χ1) is 55.3. The van der Waals surface area contributed by atoms with E-state index < -0.39 is 5.24 Å². The molecule has 0 saturated carbocycles. The highest BCUT2D eigenvalue weighted by molar-refractivity contribution is 9.10. The quantitative estimate of drug-likeness (QED) is 0.0395. The molecule has 1 amide bonds. The van der Waals surface area contributed by atoms with Gasteiger partial charge in [0.2, 0.25) is 34.3 Å². The van der Waals surface area contributed by atoms with E-state index in [1.807, 2.05) is 71.6 Å². The third kappa shape index (κ3) is 25.3. The van der Waals surface area contributed by atoms with Gasteiger partial charge in [0.05, 0.1) is 60.1 Å². The number of likely N-dealkylation sites (tertiary alicyclic amines) is 4. The highest BCUT2D eigenvalue weighted by atomic mass is 79.9. The molecule has 4 fully saturated rings. The number of nitrogens with one attached hydrogen (secondary N) is 3. The number of carbonyl (C=O) groups excluding carboxylic acids is 2. The molecule has 4 aromatic carbocycles. The highest BCUT2D eigenvalue weighted by Crippen LogP contribution is 2.30. The van der Waals surface area contributed by atoms with Crippen molar-refractivity contribution in [1.29, 1.82) is 0 Å². The van der Waals surface area contributed by atoms with Crippen LogP contribution in [0.15, 0.2) is 205 Å². The number of anilines is 4. The number of amides is 1. The molecule has 0 unspecified atom stereocenters. The van der Waals surface area contributed by atoms with Crippen LogP contribution in [-0.2, 0) is 42.2 Å². The molecule has 602 valence electrons. The average molecular weight is 1710 g/mol. The van der Waals surface area contributed by atoms with Gasteiger partial charge >= 0.3 is 0 Å². The first-order valence-corrected chi connectivity index (χ1v) is 41.3. The van der Waals surface area contributed by atoms with E-state index in [2.05, 4.69) is 251 Å². The molecule has 4 aliphatic rings. The number of rotatable bonds is 18. The van der Waals surface area contributed by atoms with Gasteiger partial charge in [0.1, 0.15) is 0 Å². The summed E-state index contributed by atoms with van der Waals surface area (Å²) in [5, 5.41) is 11.0. The van der Waals surface area contributed by atoms with Crippen LogP contribution in [0, 0.1) is 0 Å². The van der Waals surface area contributed by atoms with Gasteiger partial charge in [-0.15, -0.1) is 0 Å². The zero-order valence-electron chi connectivity index (χ0n) is 66.5. The van der Waals surface area contributed by atoms with Crippen LogP contribution >= 0.6 is 55.1 Å². The Labute approximate surface area is 696 Å². The summed E-state index contributed by atoms with van der Waals surface area (Å²) in [4.78, 5) is 69.0. The first-order valence-electron chi connectivity index (χ1n) is 38.9. The number of fused-ring (bicyclic) bond motifs is 4. The van der Waals surface area contributed by atoms with E-state index in [1.165, 1.54) is 66.9 Å². The van der Waals surface area contributed by atoms with E-state index in [1.54, 1.807) is 24.3 Å². The Morgan fingerprint density at radius 3 is 1.11 bits per heavy atom. The van der Waals surface area contributed by atoms with Gasteiger partial charge in [-0.1, -0.05) is 141 Å². The summed E-state index contributed by atoms with van der Waals surface area (Å²) in [5.41, 5.74) is 24.0. The van der Waals surface area contributed by atoms with Crippen molar-refractivity contribution in [2.45, 2.75) is 115 Å². The molecule has 7 N–H and O–H groups in total. The number of pyridine rings is 4. The number of likely N-dealkylation sites (N-methyl/N-ethyl adjacent to an activating group) is 1. The topological polar surface area (TPSA) is 261 Å². The molecular formula is C86H108Br2Cl2N22O2. The van der Waals surface area contributed by atoms with Crippen LogP contribution in [0.2, 0.25) is 5.28 Å². The maximum Gasteiger partial charge on any atom is 0.250 e. The molecule has 0 bridgehead atoms. The van der Waals surface area contributed by atoms with Crippen LogP contribution < -0.4 is 32.3 Å². The Balaban J connectivity index is 0.000000153. The molecule has 12 aromatic rings. The molecule has 8 aromatic heterocycles. The summed E-state index contributed by atoms with van der Waals surface area (Å²) in [6.45, 7) is 20.8. The van der Waals surface area contributed by atoms with Gasteiger partial charge < -0.3 is 70.2 Å². The van der Waals surface area contributed by atoms with Gasteiger partial charge in [0, 0.05) is 58.8 Å². The fourth-order valence-corrected chi connectivity index (χ4v) is 14.5. The lowest BCUT2D eigenvalue weighted by molar-refractivity contribution is -0.114. The number of carbonyl (C=O) groups is 2. The Kier molecular flexibility index (Phi) is 33.6. The molecule has 4 saturated heterocycles. The summed E-state index contributed by atoms with van der Waals surface area (Å²) in [5.74, 6) is 2.51. The maximum atomic E-state index is 12.1. The van der Waals surface area contributed by atoms with Gasteiger partial charge in [0.25, 0.3) is 0 Å². The normalized spacial score (nSPS) is 15.2. The zero-order chi connectivity index (χ0) is 81.0. The number of piperidine rings is 4. The standard InChI is InChI=1S/C23H28N6O.C21H27N5.C19H22BrN5.C13H9BrClN3.C6H14N2.C3H3ClO.CH5N/c1-4-21(30)28(3)19-14-20-22(24-15-19)26-23(25-18-10-12-27(2)13-11-18)29(20)16-17-8-6-5-7-9-17;1-3-16-13-19-20(22-14-16)24-21(23-18-9-11-25(2)12-10-18)26(19)15-17-7-5-4-6-8-17;1-24-9-7-16(8-10-24)22-19-23-18-17(11-15(20)12-21-18)25(19)13-14-5-3-2-4-6-14;14-10-6-11-12(16-7-10)17-13(15)18(11)8-9-4-2-1-3-5-9;1-8-4-2-6(7)3-5-8;1-2-3(4)5;1-2/h4-9,14-15,18H,1,10-13,16H2,2-3H3,(H,24,25,26);4-8,13-14,18H,3,9-12,15H2,1-2H3,(H,22,23,24);2-6,11-12,16H,7-10,13H2,1H3,(H,21,22,23);1-7H,8H2;6H,2-5,7H2,1H3;2H,1H2;2H2,1H3. The van der Waals surface area contributed by atoms with Crippen molar-refractivity contribution in [2.75, 3.05) is 115 Å². The van der Waals surface area contributed by atoms with E-state index in [0.29, 0.717) is 59.5 Å². The number of nitrogens with zero attached hydrogens (tertiary/aromatic N) is 17. The number of imidazole rings is 4. The molecule has 16 rings (SSSR count). The molecule has 12 heterocycles. The Hall–Kier alpha value is -9.32. The molecule has 28 heteroatoms. The van der Waals surface area contributed by atoms with Crippen molar-refractivity contribution in [3.63, 3.8) is 0 Å². The van der Waals surface area contributed by atoms with E-state index in [4.69, 9.17) is 43.9 Å². The second-order valence-electron chi connectivity index (χ2n) is 29.0. The van der Waals surface area contributed by atoms with Gasteiger partial charge in [-0.05, 0) is 265 Å². The van der Waals surface area contributed by atoms with Gasteiger partial charge in [-0.3, -0.25) is 9.59 Å². The third-order valence-electron chi connectivity index (χ3n) is 20.5. The van der Waals surface area contributed by atoms with E-state index in [9.17, 15) is 9.59 Å². The molecule has 0 atom stereocenters. The summed E-state index contributed by atoms with van der Waals surface area (Å²) in [6, 6.07) is 51.6. The zero-order valence-corrected chi connectivity index (χ0v) is 71.2. The second-order valence-corrected chi connectivity index (χ2v) is 31.5. The van der Waals surface area contributed by atoms with Crippen LogP contribution in [0.4, 0.5) is 23.5 Å². The highest BCUT2D eigenvalue weighted by Gasteiger charge is 2.25. The van der Waals surface area contributed by atoms with Crippen LogP contribution in [0.1, 0.15) is 86.1 Å². The second kappa shape index (κ2) is 44.0. The van der Waals surface area contributed by atoms with E-state index in [-0.39, 0.29) is 5.91 Å². The minimum absolute atomic E-state index is 0.171. The minimum Gasteiger partial charge on any atom is -0.353 e. The largest absolute Gasteiger partial charge is 0.353 e. The monoisotopic (exact) mass is 1710 g/mol. The van der Waals surface area contributed by atoms with Gasteiger partial charge in [-0.2, -0.15) is 19.9 Å². The third-order valence-corrected chi connectivity index (χ3v) is 21.8. The van der Waals surface area contributed by atoms with E-state index in [0.717, 1.165) is 164 Å². The maximum absolute atomic E-state index is 12.1. The molecule has 24 nitrogen and oxygen atoms in total. The van der Waals surface area contributed by atoms with Crippen LogP contribution in [0.3, 0.4) is 0 Å².